The SMILES string of the molecule is CCOc1ccc(CC(=O)OCC(=O)NC(C)CCc2ccccc2)cc1OCC. The van der Waals surface area contributed by atoms with Gasteiger partial charge in [0.2, 0.25) is 0 Å². The molecule has 0 radical (unpaired) electrons. The Morgan fingerprint density at radius 1 is 0.933 bits per heavy atom. The number of hydrogen-bond acceptors (Lipinski definition) is 5. The van der Waals surface area contributed by atoms with E-state index in [0.717, 1.165) is 18.4 Å². The Morgan fingerprint density at radius 2 is 1.63 bits per heavy atom. The first-order valence-electron chi connectivity index (χ1n) is 10.4. The number of hydrogen-bond donors (Lipinski definition) is 1. The molecule has 6 heteroatoms. The molecule has 0 heterocycles. The number of ether oxygens (including phenoxy) is 3. The van der Waals surface area contributed by atoms with Crippen LogP contribution in [0.3, 0.4) is 0 Å². The fraction of sp³-hybridized carbons (Fsp3) is 0.417. The number of aryl methyl sites for hydroxylation is 1. The second-order valence-electron chi connectivity index (χ2n) is 6.98. The van der Waals surface area contributed by atoms with Crippen molar-refractivity contribution in [3.8, 4) is 11.5 Å². The maximum absolute atomic E-state index is 12.1. The van der Waals surface area contributed by atoms with Gasteiger partial charge in [-0.15, -0.1) is 0 Å². The Labute approximate surface area is 178 Å². The first-order valence-corrected chi connectivity index (χ1v) is 10.4. The van der Waals surface area contributed by atoms with Crippen molar-refractivity contribution in [2.75, 3.05) is 19.8 Å². The molecule has 1 unspecified atom stereocenters. The van der Waals surface area contributed by atoms with E-state index in [4.69, 9.17) is 14.2 Å². The van der Waals surface area contributed by atoms with Gasteiger partial charge in [0.15, 0.2) is 18.1 Å². The van der Waals surface area contributed by atoms with E-state index >= 15 is 0 Å². The third kappa shape index (κ3) is 8.15. The lowest BCUT2D eigenvalue weighted by molar-refractivity contribution is -0.148. The molecule has 0 aromatic heterocycles. The van der Waals surface area contributed by atoms with Crippen molar-refractivity contribution in [1.82, 2.24) is 5.32 Å². The van der Waals surface area contributed by atoms with Crippen LogP contribution >= 0.6 is 0 Å². The molecule has 0 saturated carbocycles. The van der Waals surface area contributed by atoms with Crippen LogP contribution in [0.2, 0.25) is 0 Å². The Hall–Kier alpha value is -3.02. The maximum Gasteiger partial charge on any atom is 0.310 e. The molecule has 0 spiro atoms. The smallest absolute Gasteiger partial charge is 0.310 e. The van der Waals surface area contributed by atoms with E-state index in [1.165, 1.54) is 5.56 Å². The summed E-state index contributed by atoms with van der Waals surface area (Å²) in [6, 6.07) is 15.4. The molecule has 2 aromatic rings. The van der Waals surface area contributed by atoms with Gasteiger partial charge in [0.25, 0.3) is 5.91 Å². The van der Waals surface area contributed by atoms with Gasteiger partial charge >= 0.3 is 5.97 Å². The molecule has 0 saturated heterocycles. The van der Waals surface area contributed by atoms with Crippen LogP contribution in [-0.4, -0.2) is 37.7 Å². The van der Waals surface area contributed by atoms with Crippen molar-refractivity contribution in [3.05, 3.63) is 59.7 Å². The van der Waals surface area contributed by atoms with Gasteiger partial charge in [-0.05, 0) is 56.9 Å². The molecule has 30 heavy (non-hydrogen) atoms. The Kier molecular flexibility index (Phi) is 9.71. The van der Waals surface area contributed by atoms with Crippen molar-refractivity contribution in [2.45, 2.75) is 46.1 Å². The van der Waals surface area contributed by atoms with Crippen LogP contribution in [0.25, 0.3) is 0 Å². The third-order valence-electron chi connectivity index (χ3n) is 4.44. The zero-order valence-corrected chi connectivity index (χ0v) is 18.0. The minimum atomic E-state index is -0.464. The van der Waals surface area contributed by atoms with Crippen molar-refractivity contribution < 1.29 is 23.8 Å². The van der Waals surface area contributed by atoms with Gasteiger partial charge in [-0.3, -0.25) is 9.59 Å². The predicted octanol–water partition coefficient (Wildman–Crippen LogP) is 3.71. The van der Waals surface area contributed by atoms with Gasteiger partial charge in [-0.25, -0.2) is 0 Å². The monoisotopic (exact) mass is 413 g/mol. The van der Waals surface area contributed by atoms with Gasteiger partial charge in [0.1, 0.15) is 0 Å². The Bertz CT molecular complexity index is 806. The molecule has 0 fully saturated rings. The summed E-state index contributed by atoms with van der Waals surface area (Å²) in [7, 11) is 0. The fourth-order valence-corrected chi connectivity index (χ4v) is 2.99. The van der Waals surface area contributed by atoms with Gasteiger partial charge in [0.05, 0.1) is 19.6 Å². The molecule has 6 nitrogen and oxygen atoms in total. The second kappa shape index (κ2) is 12.5. The molecule has 1 atom stereocenters. The van der Waals surface area contributed by atoms with Gasteiger partial charge in [-0.1, -0.05) is 36.4 Å². The molecule has 0 aliphatic rings. The van der Waals surface area contributed by atoms with E-state index in [-0.39, 0.29) is 25.0 Å². The molecule has 1 N–H and O–H groups in total. The number of esters is 1. The molecular formula is C24H31NO5. The quantitative estimate of drug-likeness (QED) is 0.537. The van der Waals surface area contributed by atoms with Crippen LogP contribution in [0.4, 0.5) is 0 Å². The summed E-state index contributed by atoms with van der Waals surface area (Å²) >= 11 is 0. The third-order valence-corrected chi connectivity index (χ3v) is 4.44. The van der Waals surface area contributed by atoms with Crippen molar-refractivity contribution >= 4 is 11.9 Å². The number of carbonyl (C=O) groups is 2. The van der Waals surface area contributed by atoms with E-state index in [9.17, 15) is 9.59 Å². The Balaban J connectivity index is 1.75. The van der Waals surface area contributed by atoms with E-state index in [0.29, 0.717) is 24.7 Å². The lowest BCUT2D eigenvalue weighted by Crippen LogP contribution is -2.36. The standard InChI is InChI=1S/C24H31NO5/c1-4-28-21-14-13-20(15-22(21)29-5-2)16-24(27)30-17-23(26)25-18(3)11-12-19-9-7-6-8-10-19/h6-10,13-15,18H,4-5,11-12,16-17H2,1-3H3,(H,25,26). The molecule has 0 aliphatic heterocycles. The van der Waals surface area contributed by atoms with Gasteiger partial charge in [-0.2, -0.15) is 0 Å². The van der Waals surface area contributed by atoms with E-state index in [1.807, 2.05) is 39.0 Å². The largest absolute Gasteiger partial charge is 0.490 e. The minimum Gasteiger partial charge on any atom is -0.490 e. The average molecular weight is 414 g/mol. The van der Waals surface area contributed by atoms with Crippen LogP contribution < -0.4 is 14.8 Å². The summed E-state index contributed by atoms with van der Waals surface area (Å²) in [6.45, 7) is 6.46. The highest BCUT2D eigenvalue weighted by molar-refractivity contribution is 5.81. The summed E-state index contributed by atoms with van der Waals surface area (Å²) < 4.78 is 16.2. The number of nitrogens with one attached hydrogen (secondary N) is 1. The first-order chi connectivity index (χ1) is 14.5. The summed E-state index contributed by atoms with van der Waals surface area (Å²) in [6.07, 6.45) is 1.75. The normalized spacial score (nSPS) is 11.4. The highest BCUT2D eigenvalue weighted by Gasteiger charge is 2.13. The zero-order valence-electron chi connectivity index (χ0n) is 18.0. The highest BCUT2D eigenvalue weighted by Crippen LogP contribution is 2.28. The predicted molar refractivity (Wildman–Crippen MR) is 116 cm³/mol. The topological polar surface area (TPSA) is 73.9 Å². The summed E-state index contributed by atoms with van der Waals surface area (Å²) in [5.74, 6) is 0.467. The number of rotatable bonds is 12. The van der Waals surface area contributed by atoms with Gasteiger partial charge in [0, 0.05) is 6.04 Å². The van der Waals surface area contributed by atoms with E-state index in [2.05, 4.69) is 17.4 Å². The fourth-order valence-electron chi connectivity index (χ4n) is 2.99. The molecule has 2 aromatic carbocycles. The zero-order chi connectivity index (χ0) is 21.8. The molecule has 1 amide bonds. The number of amides is 1. The molecular weight excluding hydrogens is 382 g/mol. The summed E-state index contributed by atoms with van der Waals surface area (Å²) in [5.41, 5.74) is 1.97. The van der Waals surface area contributed by atoms with Crippen LogP contribution in [-0.2, 0) is 27.2 Å². The van der Waals surface area contributed by atoms with Crippen LogP contribution in [0, 0.1) is 0 Å². The van der Waals surface area contributed by atoms with Crippen LogP contribution in [0.15, 0.2) is 48.5 Å². The van der Waals surface area contributed by atoms with Gasteiger partial charge < -0.3 is 19.5 Å². The summed E-state index contributed by atoms with van der Waals surface area (Å²) in [4.78, 5) is 24.2. The molecule has 162 valence electrons. The maximum atomic E-state index is 12.1. The Morgan fingerprint density at radius 3 is 2.33 bits per heavy atom. The lowest BCUT2D eigenvalue weighted by Gasteiger charge is -2.14. The van der Waals surface area contributed by atoms with E-state index in [1.54, 1.807) is 18.2 Å². The summed E-state index contributed by atoms with van der Waals surface area (Å²) in [5, 5.41) is 2.86. The second-order valence-corrected chi connectivity index (χ2v) is 6.98. The number of carbonyl (C=O) groups excluding carboxylic acids is 2. The van der Waals surface area contributed by atoms with Crippen LogP contribution in [0.1, 0.15) is 38.3 Å². The molecule has 0 bridgehead atoms. The van der Waals surface area contributed by atoms with Crippen LogP contribution in [0.5, 0.6) is 11.5 Å². The first kappa shape index (κ1) is 23.3. The lowest BCUT2D eigenvalue weighted by atomic mass is 10.1. The molecule has 2 rings (SSSR count). The minimum absolute atomic E-state index is 0.00345. The van der Waals surface area contributed by atoms with Crippen molar-refractivity contribution in [1.29, 1.82) is 0 Å². The highest BCUT2D eigenvalue weighted by atomic mass is 16.5. The number of benzene rings is 2. The van der Waals surface area contributed by atoms with Crippen molar-refractivity contribution in [2.24, 2.45) is 0 Å². The average Bonchev–Trinajstić information content (AvgIpc) is 2.74. The molecule has 0 aliphatic carbocycles. The van der Waals surface area contributed by atoms with E-state index < -0.39 is 5.97 Å². The van der Waals surface area contributed by atoms with Crippen molar-refractivity contribution in [3.63, 3.8) is 0 Å².